The van der Waals surface area contributed by atoms with Crippen molar-refractivity contribution in [2.24, 2.45) is 0 Å². The summed E-state index contributed by atoms with van der Waals surface area (Å²) in [5, 5.41) is 0. The highest BCUT2D eigenvalue weighted by atomic mass is 16.5. The molecule has 4 aliphatic heterocycles. The van der Waals surface area contributed by atoms with E-state index < -0.39 is 0 Å². The van der Waals surface area contributed by atoms with Crippen molar-refractivity contribution < 1.29 is 9.47 Å². The SMILES string of the molecule is C=C/C=C\C(=C/C)N(c1ccccc1)c1cc2c3c(c1)N(c1ccccc1)c1cc4c(cc1B3c1ccccc1N2c1ccccc1)B1c2ccccc2Oc2cc(N(C(/C=C\C)=C/C=C)c3ccccc3)cc(c21)O4. The lowest BCUT2D eigenvalue weighted by Gasteiger charge is -2.45. The second-order valence-electron chi connectivity index (χ2n) is 19.2. The van der Waals surface area contributed by atoms with Crippen LogP contribution in [0.3, 0.4) is 0 Å². The van der Waals surface area contributed by atoms with Gasteiger partial charge in [-0.05, 0) is 132 Å². The molecular weight excluding hydrogens is 926 g/mol. The van der Waals surface area contributed by atoms with E-state index in [1.807, 2.05) is 37.3 Å². The molecule has 6 nitrogen and oxygen atoms in total. The van der Waals surface area contributed by atoms with Crippen molar-refractivity contribution in [1.29, 1.82) is 0 Å². The minimum absolute atomic E-state index is 0.151. The van der Waals surface area contributed by atoms with Crippen molar-refractivity contribution in [1.82, 2.24) is 0 Å². The summed E-state index contributed by atoms with van der Waals surface area (Å²) in [6.07, 6.45) is 16.2. The molecule has 0 atom stereocenters. The Morgan fingerprint density at radius 2 is 0.947 bits per heavy atom. The van der Waals surface area contributed by atoms with E-state index >= 15 is 0 Å². The van der Waals surface area contributed by atoms with Gasteiger partial charge >= 0.3 is 0 Å². The maximum Gasteiger partial charge on any atom is 0.260 e. The minimum Gasteiger partial charge on any atom is -0.458 e. The molecule has 4 aliphatic rings. The summed E-state index contributed by atoms with van der Waals surface area (Å²) in [6, 6.07) is 73.9. The molecule has 8 heteroatoms. The molecule has 362 valence electrons. The fourth-order valence-electron chi connectivity index (χ4n) is 11.8. The third-order valence-corrected chi connectivity index (χ3v) is 14.9. The first-order chi connectivity index (χ1) is 37.6. The average molecular weight is 979 g/mol. The van der Waals surface area contributed by atoms with Gasteiger partial charge in [0.1, 0.15) is 23.0 Å². The van der Waals surface area contributed by atoms with Crippen LogP contribution >= 0.6 is 0 Å². The average Bonchev–Trinajstić information content (AvgIpc) is 3.66. The highest BCUT2D eigenvalue weighted by molar-refractivity contribution is 7.02. The maximum atomic E-state index is 7.43. The van der Waals surface area contributed by atoms with Crippen LogP contribution in [0.1, 0.15) is 13.8 Å². The van der Waals surface area contributed by atoms with Gasteiger partial charge in [-0.2, -0.15) is 0 Å². The number of nitrogens with zero attached hydrogens (tertiary/aromatic N) is 4. The van der Waals surface area contributed by atoms with Crippen LogP contribution in [-0.4, -0.2) is 13.4 Å². The Kier molecular flexibility index (Phi) is 11.7. The Labute approximate surface area is 446 Å². The lowest BCUT2D eigenvalue weighted by Crippen LogP contribution is -2.64. The molecule has 0 radical (unpaired) electrons. The van der Waals surface area contributed by atoms with E-state index in [0.717, 1.165) is 108 Å². The summed E-state index contributed by atoms with van der Waals surface area (Å²) in [4.78, 5) is 9.50. The van der Waals surface area contributed by atoms with Crippen molar-refractivity contribution in [2.75, 3.05) is 19.6 Å². The number of fused-ring (bicyclic) bond motifs is 8. The fraction of sp³-hybridized carbons (Fsp3) is 0.0294. The van der Waals surface area contributed by atoms with Crippen LogP contribution in [0.15, 0.2) is 279 Å². The number of hydrogen-bond acceptors (Lipinski definition) is 6. The van der Waals surface area contributed by atoms with Crippen LogP contribution < -0.4 is 61.9 Å². The summed E-state index contributed by atoms with van der Waals surface area (Å²) < 4.78 is 14.4. The Morgan fingerprint density at radius 3 is 1.55 bits per heavy atom. The first-order valence-electron chi connectivity index (χ1n) is 26.0. The van der Waals surface area contributed by atoms with E-state index in [4.69, 9.17) is 9.47 Å². The van der Waals surface area contributed by atoms with Crippen molar-refractivity contribution in [3.05, 3.63) is 279 Å². The van der Waals surface area contributed by atoms with E-state index in [9.17, 15) is 0 Å². The molecule has 9 aromatic carbocycles. The zero-order valence-corrected chi connectivity index (χ0v) is 42.4. The summed E-state index contributed by atoms with van der Waals surface area (Å²) in [5.41, 5.74) is 19.3. The van der Waals surface area contributed by atoms with Crippen molar-refractivity contribution in [3.63, 3.8) is 0 Å². The van der Waals surface area contributed by atoms with Gasteiger partial charge in [-0.3, -0.25) is 0 Å². The molecule has 0 bridgehead atoms. The topological polar surface area (TPSA) is 31.4 Å². The number of rotatable bonds is 12. The Morgan fingerprint density at radius 1 is 0.421 bits per heavy atom. The lowest BCUT2D eigenvalue weighted by atomic mass is 9.31. The highest BCUT2D eigenvalue weighted by Crippen LogP contribution is 2.49. The molecule has 0 saturated carbocycles. The van der Waals surface area contributed by atoms with E-state index in [2.05, 4.69) is 264 Å². The summed E-state index contributed by atoms with van der Waals surface area (Å²) in [5.74, 6) is 3.13. The molecule has 0 fully saturated rings. The molecule has 0 amide bonds. The van der Waals surface area contributed by atoms with Gasteiger partial charge in [0.25, 0.3) is 13.4 Å². The fourth-order valence-corrected chi connectivity index (χ4v) is 11.8. The Hall–Kier alpha value is -9.65. The summed E-state index contributed by atoms with van der Waals surface area (Å²) >= 11 is 0. The largest absolute Gasteiger partial charge is 0.458 e. The quantitative estimate of drug-likeness (QED) is 0.0896. The maximum absolute atomic E-state index is 7.43. The smallest absolute Gasteiger partial charge is 0.260 e. The van der Waals surface area contributed by atoms with Gasteiger partial charge in [0.2, 0.25) is 0 Å². The third-order valence-electron chi connectivity index (χ3n) is 14.9. The van der Waals surface area contributed by atoms with Crippen molar-refractivity contribution in [2.45, 2.75) is 13.8 Å². The Bertz CT molecular complexity index is 3870. The van der Waals surface area contributed by atoms with Crippen molar-refractivity contribution in [3.8, 4) is 23.0 Å². The van der Waals surface area contributed by atoms with Gasteiger partial charge in [0, 0.05) is 80.6 Å². The molecule has 4 heterocycles. The first kappa shape index (κ1) is 46.2. The predicted octanol–water partition coefficient (Wildman–Crippen LogP) is 14.1. The Balaban J connectivity index is 1.09. The molecule has 9 aromatic rings. The lowest BCUT2D eigenvalue weighted by molar-refractivity contribution is 0.465. The van der Waals surface area contributed by atoms with Gasteiger partial charge in [-0.25, -0.2) is 0 Å². The number of benzene rings is 9. The van der Waals surface area contributed by atoms with Crippen molar-refractivity contribution >= 4 is 103 Å². The van der Waals surface area contributed by atoms with Crippen LogP contribution in [0.4, 0.5) is 56.9 Å². The second kappa shape index (κ2) is 19.3. The van der Waals surface area contributed by atoms with Crippen LogP contribution in [0, 0.1) is 0 Å². The molecule has 0 N–H and O–H groups in total. The second-order valence-corrected chi connectivity index (χ2v) is 19.2. The normalized spacial score (nSPS) is 13.7. The molecule has 76 heavy (non-hydrogen) atoms. The minimum atomic E-state index is -0.183. The third kappa shape index (κ3) is 7.60. The molecule has 13 rings (SSSR count). The van der Waals surface area contributed by atoms with Crippen LogP contribution in [0.2, 0.25) is 0 Å². The van der Waals surface area contributed by atoms with Gasteiger partial charge in [-0.1, -0.05) is 159 Å². The number of hydrogen-bond donors (Lipinski definition) is 0. The van der Waals surface area contributed by atoms with Gasteiger partial charge in [0.15, 0.2) is 0 Å². The van der Waals surface area contributed by atoms with Crippen LogP contribution in [0.5, 0.6) is 23.0 Å². The molecular formula is C68H52B2N4O2. The highest BCUT2D eigenvalue weighted by Gasteiger charge is 2.47. The zero-order chi connectivity index (χ0) is 51.3. The van der Waals surface area contributed by atoms with Gasteiger partial charge in [0.05, 0.1) is 11.4 Å². The number of anilines is 10. The standard InChI is InChI=1S/C68H52B2N4O2/c1-5-9-28-47(8-4)71(49-29-14-10-15-30-49)53-41-61-67-62(42-53)74(52-35-20-13-21-36-52)60-46-64-58(45-57(60)69(67)55-37-22-24-39-59(55)73(61)51-33-18-12-19-34-51)70-56-38-23-25-40-63(56)75-65-43-54(44-66(76-64)68(65)70)72(48(26-6-2)27-7-3)50-31-16-11-17-32-50/h5-46H,1-2H2,3-4H3/b27-7-,28-9-,47-8+,48-26+. The monoisotopic (exact) mass is 978 g/mol. The van der Waals surface area contributed by atoms with Gasteiger partial charge < -0.3 is 29.1 Å². The number of ether oxygens (including phenoxy) is 2. The number of para-hydroxylation sites is 6. The predicted molar refractivity (Wildman–Crippen MR) is 322 cm³/mol. The van der Waals surface area contributed by atoms with E-state index in [1.54, 1.807) is 0 Å². The van der Waals surface area contributed by atoms with Gasteiger partial charge in [-0.15, -0.1) is 0 Å². The first-order valence-corrected chi connectivity index (χ1v) is 26.0. The number of allylic oxidation sites excluding steroid dienone is 8. The molecule has 0 unspecified atom stereocenters. The van der Waals surface area contributed by atoms with Crippen LogP contribution in [-0.2, 0) is 0 Å². The van der Waals surface area contributed by atoms with Crippen LogP contribution in [0.25, 0.3) is 0 Å². The zero-order valence-electron chi connectivity index (χ0n) is 42.4. The molecule has 0 aromatic heterocycles. The van der Waals surface area contributed by atoms with E-state index in [0.29, 0.717) is 0 Å². The van der Waals surface area contributed by atoms with E-state index in [1.165, 1.54) is 16.4 Å². The molecule has 0 aliphatic carbocycles. The molecule has 0 spiro atoms. The van der Waals surface area contributed by atoms with E-state index in [-0.39, 0.29) is 13.4 Å². The summed E-state index contributed by atoms with van der Waals surface area (Å²) in [6.45, 7) is 11.9. The molecule has 0 saturated heterocycles. The summed E-state index contributed by atoms with van der Waals surface area (Å²) in [7, 11) is 0.